The molecule has 0 amide bonds. The van der Waals surface area contributed by atoms with E-state index in [2.05, 4.69) is 16.8 Å². The minimum Gasteiger partial charge on any atom is -0.478 e. The van der Waals surface area contributed by atoms with Gasteiger partial charge in [0, 0.05) is 24.7 Å². The number of carboxylic acids is 1. The Labute approximate surface area is 124 Å². The number of aromatic carboxylic acids is 1. The van der Waals surface area contributed by atoms with E-state index < -0.39 is 5.97 Å². The highest BCUT2D eigenvalue weighted by molar-refractivity contribution is 6.04. The average molecular weight is 284 g/mol. The molecule has 0 unspecified atom stereocenters. The summed E-state index contributed by atoms with van der Waals surface area (Å²) < 4.78 is 0. The van der Waals surface area contributed by atoms with Gasteiger partial charge in [0.1, 0.15) is 5.56 Å². The quantitative estimate of drug-likeness (QED) is 0.912. The summed E-state index contributed by atoms with van der Waals surface area (Å²) in [7, 11) is 0. The first-order valence-electron chi connectivity index (χ1n) is 7.56. The fourth-order valence-electron chi connectivity index (χ4n) is 2.99. The normalized spacial score (nSPS) is 14.9. The SMILES string of the molecule is CCN(CC1CCC1)c1c(C(=O)O)cnc2ccccc12. The Morgan fingerprint density at radius 3 is 2.76 bits per heavy atom. The largest absolute Gasteiger partial charge is 0.478 e. The van der Waals surface area contributed by atoms with Crippen molar-refractivity contribution < 1.29 is 9.90 Å². The van der Waals surface area contributed by atoms with Crippen LogP contribution in [0.1, 0.15) is 36.5 Å². The highest BCUT2D eigenvalue weighted by atomic mass is 16.4. The Bertz CT molecular complexity index is 665. The number of carboxylic acid groups (broad SMARTS) is 1. The second-order valence-electron chi connectivity index (χ2n) is 5.68. The molecule has 2 aromatic rings. The fourth-order valence-corrected chi connectivity index (χ4v) is 2.99. The molecule has 1 aliphatic carbocycles. The zero-order chi connectivity index (χ0) is 14.8. The van der Waals surface area contributed by atoms with E-state index in [1.54, 1.807) is 0 Å². The lowest BCUT2D eigenvalue weighted by atomic mass is 9.85. The Hall–Kier alpha value is -2.10. The lowest BCUT2D eigenvalue weighted by Gasteiger charge is -2.34. The first-order chi connectivity index (χ1) is 10.2. The van der Waals surface area contributed by atoms with Gasteiger partial charge >= 0.3 is 5.97 Å². The number of carbonyl (C=O) groups is 1. The molecule has 1 fully saturated rings. The average Bonchev–Trinajstić information content (AvgIpc) is 2.45. The van der Waals surface area contributed by atoms with Crippen molar-refractivity contribution in [2.45, 2.75) is 26.2 Å². The fraction of sp³-hybridized carbons (Fsp3) is 0.412. The number of hydrogen-bond acceptors (Lipinski definition) is 3. The van der Waals surface area contributed by atoms with Crippen molar-refractivity contribution in [3.05, 3.63) is 36.0 Å². The van der Waals surface area contributed by atoms with Crippen molar-refractivity contribution in [3.8, 4) is 0 Å². The molecular weight excluding hydrogens is 264 g/mol. The monoisotopic (exact) mass is 284 g/mol. The number of benzene rings is 1. The predicted molar refractivity (Wildman–Crippen MR) is 83.9 cm³/mol. The van der Waals surface area contributed by atoms with Crippen LogP contribution >= 0.6 is 0 Å². The Balaban J connectivity index is 2.11. The van der Waals surface area contributed by atoms with Crippen molar-refractivity contribution in [2.75, 3.05) is 18.0 Å². The predicted octanol–water partition coefficient (Wildman–Crippen LogP) is 3.56. The van der Waals surface area contributed by atoms with Crippen molar-refractivity contribution in [2.24, 2.45) is 5.92 Å². The van der Waals surface area contributed by atoms with Crippen molar-refractivity contribution in [1.29, 1.82) is 0 Å². The third-order valence-electron chi connectivity index (χ3n) is 4.38. The number of rotatable bonds is 5. The van der Waals surface area contributed by atoms with Crippen LogP contribution in [0.3, 0.4) is 0 Å². The van der Waals surface area contributed by atoms with Gasteiger partial charge in [-0.3, -0.25) is 4.98 Å². The third kappa shape index (κ3) is 2.58. The molecule has 1 saturated carbocycles. The number of pyridine rings is 1. The standard InChI is InChI=1S/C17H20N2O2/c1-2-19(11-12-6-5-7-12)16-13-8-3-4-9-15(13)18-10-14(16)17(20)21/h3-4,8-10,12H,2,5-7,11H2,1H3,(H,20,21). The van der Waals surface area contributed by atoms with Gasteiger partial charge in [0.2, 0.25) is 0 Å². The molecule has 1 aliphatic rings. The van der Waals surface area contributed by atoms with Gasteiger partial charge in [-0.15, -0.1) is 0 Å². The lowest BCUT2D eigenvalue weighted by Crippen LogP contribution is -2.33. The minimum atomic E-state index is -0.907. The van der Waals surface area contributed by atoms with Gasteiger partial charge in [-0.25, -0.2) is 4.79 Å². The van der Waals surface area contributed by atoms with E-state index >= 15 is 0 Å². The summed E-state index contributed by atoms with van der Waals surface area (Å²) in [5.41, 5.74) is 1.97. The summed E-state index contributed by atoms with van der Waals surface area (Å²) in [6.07, 6.45) is 5.29. The Morgan fingerprint density at radius 1 is 1.38 bits per heavy atom. The topological polar surface area (TPSA) is 53.4 Å². The van der Waals surface area contributed by atoms with E-state index in [1.165, 1.54) is 25.5 Å². The van der Waals surface area contributed by atoms with E-state index in [0.29, 0.717) is 11.5 Å². The van der Waals surface area contributed by atoms with Crippen molar-refractivity contribution in [1.82, 2.24) is 4.98 Å². The summed E-state index contributed by atoms with van der Waals surface area (Å²) in [6, 6.07) is 7.77. The molecule has 4 nitrogen and oxygen atoms in total. The molecule has 1 aromatic heterocycles. The van der Waals surface area contributed by atoms with Crippen LogP contribution in [0.2, 0.25) is 0 Å². The third-order valence-corrected chi connectivity index (χ3v) is 4.38. The van der Waals surface area contributed by atoms with E-state index in [1.807, 2.05) is 24.3 Å². The van der Waals surface area contributed by atoms with Gasteiger partial charge in [-0.05, 0) is 31.7 Å². The summed E-state index contributed by atoms with van der Waals surface area (Å²) in [4.78, 5) is 18.1. The number of anilines is 1. The maximum Gasteiger partial charge on any atom is 0.339 e. The number of para-hydroxylation sites is 1. The summed E-state index contributed by atoms with van der Waals surface area (Å²) >= 11 is 0. The highest BCUT2D eigenvalue weighted by Gasteiger charge is 2.24. The summed E-state index contributed by atoms with van der Waals surface area (Å²) in [5.74, 6) is -0.214. The van der Waals surface area contributed by atoms with Crippen LogP contribution in [0.5, 0.6) is 0 Å². The molecule has 3 rings (SSSR count). The van der Waals surface area contributed by atoms with Crippen LogP contribution in [0.25, 0.3) is 10.9 Å². The van der Waals surface area contributed by atoms with Crippen LogP contribution in [0.15, 0.2) is 30.5 Å². The molecular formula is C17H20N2O2. The second kappa shape index (κ2) is 5.72. The number of nitrogens with zero attached hydrogens (tertiary/aromatic N) is 2. The molecule has 0 atom stereocenters. The zero-order valence-electron chi connectivity index (χ0n) is 12.2. The molecule has 21 heavy (non-hydrogen) atoms. The van der Waals surface area contributed by atoms with Crippen LogP contribution < -0.4 is 4.90 Å². The molecule has 0 saturated heterocycles. The van der Waals surface area contributed by atoms with Gasteiger partial charge in [0.15, 0.2) is 0 Å². The molecule has 0 radical (unpaired) electrons. The first kappa shape index (κ1) is 13.9. The molecule has 1 N–H and O–H groups in total. The smallest absolute Gasteiger partial charge is 0.339 e. The van der Waals surface area contributed by atoms with E-state index in [9.17, 15) is 9.90 Å². The zero-order valence-corrected chi connectivity index (χ0v) is 12.2. The molecule has 0 spiro atoms. The molecule has 4 heteroatoms. The van der Waals surface area contributed by atoms with Gasteiger partial charge in [0.05, 0.1) is 11.2 Å². The molecule has 110 valence electrons. The Morgan fingerprint density at radius 2 is 2.14 bits per heavy atom. The van der Waals surface area contributed by atoms with Gasteiger partial charge < -0.3 is 10.0 Å². The lowest BCUT2D eigenvalue weighted by molar-refractivity contribution is 0.0697. The van der Waals surface area contributed by atoms with Gasteiger partial charge in [-0.2, -0.15) is 0 Å². The maximum atomic E-state index is 11.6. The van der Waals surface area contributed by atoms with E-state index in [0.717, 1.165) is 29.7 Å². The van der Waals surface area contributed by atoms with E-state index in [4.69, 9.17) is 0 Å². The molecule has 0 aliphatic heterocycles. The van der Waals surface area contributed by atoms with E-state index in [-0.39, 0.29) is 0 Å². The molecule has 1 aromatic carbocycles. The van der Waals surface area contributed by atoms with Crippen LogP contribution in [-0.4, -0.2) is 29.1 Å². The summed E-state index contributed by atoms with van der Waals surface area (Å²) in [6.45, 7) is 3.83. The van der Waals surface area contributed by atoms with Crippen molar-refractivity contribution >= 4 is 22.6 Å². The van der Waals surface area contributed by atoms with Crippen LogP contribution in [-0.2, 0) is 0 Å². The molecule has 1 heterocycles. The van der Waals surface area contributed by atoms with Crippen LogP contribution in [0.4, 0.5) is 5.69 Å². The Kier molecular flexibility index (Phi) is 3.78. The highest BCUT2D eigenvalue weighted by Crippen LogP contribution is 2.33. The number of hydrogen-bond donors (Lipinski definition) is 1. The van der Waals surface area contributed by atoms with Crippen molar-refractivity contribution in [3.63, 3.8) is 0 Å². The first-order valence-corrected chi connectivity index (χ1v) is 7.56. The maximum absolute atomic E-state index is 11.6. The minimum absolute atomic E-state index is 0.301. The molecule has 0 bridgehead atoms. The van der Waals surface area contributed by atoms with Gasteiger partial charge in [-0.1, -0.05) is 24.6 Å². The number of aromatic nitrogens is 1. The summed E-state index contributed by atoms with van der Waals surface area (Å²) in [5, 5.41) is 10.4. The van der Waals surface area contributed by atoms with Gasteiger partial charge in [0.25, 0.3) is 0 Å². The van der Waals surface area contributed by atoms with Crippen LogP contribution in [0, 0.1) is 5.92 Å². The number of fused-ring (bicyclic) bond motifs is 1. The second-order valence-corrected chi connectivity index (χ2v) is 5.68.